The summed E-state index contributed by atoms with van der Waals surface area (Å²) in [6.45, 7) is 1.94. The molecule has 2 aromatic carbocycles. The van der Waals surface area contributed by atoms with E-state index in [4.69, 9.17) is 4.74 Å². The second-order valence-electron chi connectivity index (χ2n) is 4.18. The number of nitrogens with zero attached hydrogens (tertiary/aromatic N) is 2. The molecule has 4 heteroatoms. The summed E-state index contributed by atoms with van der Waals surface area (Å²) < 4.78 is 6.17. The number of aromatic nitrogens is 2. The number of fused-ring (bicyclic) bond motifs is 2. The summed E-state index contributed by atoms with van der Waals surface area (Å²) >= 11 is 0. The molecule has 0 radical (unpaired) electrons. The van der Waals surface area contributed by atoms with Crippen molar-refractivity contribution in [3.05, 3.63) is 47.2 Å². The second kappa shape index (κ2) is 3.84. The lowest BCUT2D eigenvalue weighted by atomic mass is 10.2. The van der Waals surface area contributed by atoms with Crippen LogP contribution in [0.25, 0.3) is 22.1 Å². The number of rotatable bonds is 1. The Kier molecular flexibility index (Phi) is 2.30. The highest BCUT2D eigenvalue weighted by Crippen LogP contribution is 2.24. The van der Waals surface area contributed by atoms with Gasteiger partial charge in [0.15, 0.2) is 11.3 Å². The third kappa shape index (κ3) is 1.39. The van der Waals surface area contributed by atoms with Crippen LogP contribution < -0.4 is 9.47 Å². The molecule has 0 fully saturated rings. The Hall–Kier alpha value is -2.36. The van der Waals surface area contributed by atoms with Gasteiger partial charge in [-0.25, -0.2) is 4.98 Å². The number of ether oxygens (including phenoxy) is 1. The molecular formula is C14H12N2O2. The van der Waals surface area contributed by atoms with E-state index in [2.05, 4.69) is 4.98 Å². The van der Waals surface area contributed by atoms with Crippen molar-refractivity contribution in [2.75, 3.05) is 7.11 Å². The smallest absolute Gasteiger partial charge is 0.246 e. The quantitative estimate of drug-likeness (QED) is 0.372. The Bertz CT molecular complexity index is 753. The Morgan fingerprint density at radius 2 is 1.72 bits per heavy atom. The summed E-state index contributed by atoms with van der Waals surface area (Å²) in [4.78, 5) is 4.56. The van der Waals surface area contributed by atoms with Crippen LogP contribution in [0.2, 0.25) is 0 Å². The molecule has 0 amide bonds. The molecule has 18 heavy (non-hydrogen) atoms. The Balaban J connectivity index is 2.57. The van der Waals surface area contributed by atoms with E-state index in [1.54, 1.807) is 31.4 Å². The van der Waals surface area contributed by atoms with Crippen LogP contribution in [0.4, 0.5) is 0 Å². The third-order valence-corrected chi connectivity index (χ3v) is 3.08. The van der Waals surface area contributed by atoms with Crippen LogP contribution in [-0.4, -0.2) is 12.1 Å². The fourth-order valence-electron chi connectivity index (χ4n) is 2.15. The summed E-state index contributed by atoms with van der Waals surface area (Å²) in [5.41, 5.74) is 3.38. The van der Waals surface area contributed by atoms with Gasteiger partial charge < -0.3 is 9.94 Å². The minimum Gasteiger partial charge on any atom is -0.618 e. The SMILES string of the molecule is COc1cccc2c1nc1c(C)cccc1[n+]2[O-]. The maximum atomic E-state index is 12.3. The molecule has 0 N–H and O–H groups in total. The number of aryl methyl sites for hydroxylation is 1. The van der Waals surface area contributed by atoms with Gasteiger partial charge in [0.1, 0.15) is 5.52 Å². The van der Waals surface area contributed by atoms with Crippen LogP contribution in [0, 0.1) is 12.1 Å². The Morgan fingerprint density at radius 3 is 2.44 bits per heavy atom. The molecule has 4 nitrogen and oxygen atoms in total. The standard InChI is InChI=1S/C14H12N2O2/c1-9-5-3-6-10-13(9)15-14-11(16(10)17)7-4-8-12(14)18-2/h3-8H,1-2H3. The number of benzene rings is 2. The summed E-state index contributed by atoms with van der Waals surface area (Å²) in [7, 11) is 1.58. The van der Waals surface area contributed by atoms with Crippen LogP contribution in [0.3, 0.4) is 0 Å². The molecule has 1 heterocycles. The zero-order valence-electron chi connectivity index (χ0n) is 10.2. The molecule has 0 saturated carbocycles. The topological polar surface area (TPSA) is 49.1 Å². The van der Waals surface area contributed by atoms with Gasteiger partial charge in [-0.05, 0) is 18.6 Å². The minimum atomic E-state index is 0.521. The molecule has 3 rings (SSSR count). The number of para-hydroxylation sites is 2. The van der Waals surface area contributed by atoms with Crippen molar-refractivity contribution in [3.63, 3.8) is 0 Å². The first kappa shape index (κ1) is 10.8. The first-order valence-electron chi connectivity index (χ1n) is 5.68. The van der Waals surface area contributed by atoms with Crippen LogP contribution in [-0.2, 0) is 0 Å². The van der Waals surface area contributed by atoms with Gasteiger partial charge in [0.05, 0.1) is 7.11 Å². The van der Waals surface area contributed by atoms with E-state index in [1.807, 2.05) is 19.1 Å². The van der Waals surface area contributed by atoms with Gasteiger partial charge in [0.25, 0.3) is 0 Å². The largest absolute Gasteiger partial charge is 0.618 e. The summed E-state index contributed by atoms with van der Waals surface area (Å²) in [5.74, 6) is 0.613. The highest BCUT2D eigenvalue weighted by molar-refractivity contribution is 5.86. The van der Waals surface area contributed by atoms with Gasteiger partial charge in [0.2, 0.25) is 11.0 Å². The van der Waals surface area contributed by atoms with Gasteiger partial charge in [-0.15, -0.1) is 0 Å². The fraction of sp³-hybridized carbons (Fsp3) is 0.143. The maximum Gasteiger partial charge on any atom is 0.246 e. The normalized spacial score (nSPS) is 11.0. The lowest BCUT2D eigenvalue weighted by Gasteiger charge is -2.08. The predicted octanol–water partition coefficient (Wildman–Crippen LogP) is 2.34. The van der Waals surface area contributed by atoms with Crippen molar-refractivity contribution in [2.45, 2.75) is 6.92 Å². The molecule has 1 aromatic heterocycles. The maximum absolute atomic E-state index is 12.3. The number of hydrogen-bond acceptors (Lipinski definition) is 3. The van der Waals surface area contributed by atoms with E-state index in [-0.39, 0.29) is 0 Å². The van der Waals surface area contributed by atoms with E-state index < -0.39 is 0 Å². The molecule has 0 saturated heterocycles. The molecule has 0 bridgehead atoms. The van der Waals surface area contributed by atoms with Crippen LogP contribution in [0.5, 0.6) is 5.75 Å². The fourth-order valence-corrected chi connectivity index (χ4v) is 2.15. The highest BCUT2D eigenvalue weighted by atomic mass is 16.5. The number of hydrogen-bond donors (Lipinski definition) is 0. The molecule has 0 aliphatic rings. The number of methoxy groups -OCH3 is 1. The molecule has 0 atom stereocenters. The molecule has 90 valence electrons. The molecule has 0 aliphatic carbocycles. The average Bonchev–Trinajstić information content (AvgIpc) is 2.40. The first-order chi connectivity index (χ1) is 8.72. The second-order valence-corrected chi connectivity index (χ2v) is 4.18. The molecule has 3 aromatic rings. The van der Waals surface area contributed by atoms with Crippen molar-refractivity contribution >= 4 is 22.1 Å². The average molecular weight is 240 g/mol. The summed E-state index contributed by atoms with van der Waals surface area (Å²) in [6.07, 6.45) is 0. The predicted molar refractivity (Wildman–Crippen MR) is 69.5 cm³/mol. The summed E-state index contributed by atoms with van der Waals surface area (Å²) in [6, 6.07) is 10.9. The van der Waals surface area contributed by atoms with Crippen molar-refractivity contribution in [1.29, 1.82) is 0 Å². The molecule has 0 unspecified atom stereocenters. The van der Waals surface area contributed by atoms with Gasteiger partial charge in [-0.1, -0.05) is 18.2 Å². The molecule has 0 aliphatic heterocycles. The zero-order valence-corrected chi connectivity index (χ0v) is 10.2. The van der Waals surface area contributed by atoms with Crippen molar-refractivity contribution in [3.8, 4) is 5.75 Å². The van der Waals surface area contributed by atoms with Crippen LogP contribution >= 0.6 is 0 Å². The molecule has 0 spiro atoms. The minimum absolute atomic E-state index is 0.521. The lowest BCUT2D eigenvalue weighted by Crippen LogP contribution is -2.29. The van der Waals surface area contributed by atoms with E-state index in [1.165, 1.54) is 0 Å². The third-order valence-electron chi connectivity index (χ3n) is 3.08. The Labute approximate surface area is 104 Å². The first-order valence-corrected chi connectivity index (χ1v) is 5.68. The van der Waals surface area contributed by atoms with Crippen molar-refractivity contribution in [2.24, 2.45) is 0 Å². The zero-order chi connectivity index (χ0) is 12.7. The highest BCUT2D eigenvalue weighted by Gasteiger charge is 2.15. The van der Waals surface area contributed by atoms with Crippen molar-refractivity contribution < 1.29 is 9.47 Å². The monoisotopic (exact) mass is 240 g/mol. The van der Waals surface area contributed by atoms with Crippen LogP contribution in [0.1, 0.15) is 5.56 Å². The Morgan fingerprint density at radius 1 is 1.06 bits per heavy atom. The summed E-state index contributed by atoms with van der Waals surface area (Å²) in [5, 5.41) is 12.3. The van der Waals surface area contributed by atoms with Crippen LogP contribution in [0.15, 0.2) is 36.4 Å². The lowest BCUT2D eigenvalue weighted by molar-refractivity contribution is -0.548. The van der Waals surface area contributed by atoms with Gasteiger partial charge >= 0.3 is 0 Å². The van der Waals surface area contributed by atoms with Gasteiger partial charge in [-0.2, -0.15) is 4.73 Å². The molecular weight excluding hydrogens is 228 g/mol. The van der Waals surface area contributed by atoms with E-state index in [0.717, 1.165) is 10.3 Å². The van der Waals surface area contributed by atoms with Crippen molar-refractivity contribution in [1.82, 2.24) is 4.98 Å². The van der Waals surface area contributed by atoms with Gasteiger partial charge in [0, 0.05) is 12.1 Å². The van der Waals surface area contributed by atoms with E-state index in [0.29, 0.717) is 27.8 Å². The van der Waals surface area contributed by atoms with E-state index >= 15 is 0 Å². The van der Waals surface area contributed by atoms with E-state index in [9.17, 15) is 5.21 Å². The van der Waals surface area contributed by atoms with Gasteiger partial charge in [-0.3, -0.25) is 0 Å².